The van der Waals surface area contributed by atoms with Gasteiger partial charge in [-0.25, -0.2) is 0 Å². The summed E-state index contributed by atoms with van der Waals surface area (Å²) in [5, 5.41) is 9.63. The van der Waals surface area contributed by atoms with Crippen molar-refractivity contribution in [3.8, 4) is 0 Å². The number of benzene rings is 2. The fourth-order valence-corrected chi connectivity index (χ4v) is 2.36. The van der Waals surface area contributed by atoms with Gasteiger partial charge in [0.05, 0.1) is 5.71 Å². The van der Waals surface area contributed by atoms with E-state index in [9.17, 15) is 9.59 Å². The lowest BCUT2D eigenvalue weighted by Gasteiger charge is -2.13. The normalized spacial score (nSPS) is 12.3. The first-order valence-corrected chi connectivity index (χ1v) is 8.73. The number of aryl methyl sites for hydroxylation is 2. The van der Waals surface area contributed by atoms with Crippen molar-refractivity contribution in [3.63, 3.8) is 0 Å². The highest BCUT2D eigenvalue weighted by atomic mass is 16.6. The third kappa shape index (κ3) is 5.95. The Morgan fingerprint density at radius 2 is 1.67 bits per heavy atom. The first-order chi connectivity index (χ1) is 12.8. The van der Waals surface area contributed by atoms with Gasteiger partial charge in [0.2, 0.25) is 12.0 Å². The predicted molar refractivity (Wildman–Crippen MR) is 108 cm³/mol. The van der Waals surface area contributed by atoms with E-state index in [4.69, 9.17) is 4.84 Å². The molecule has 0 radical (unpaired) electrons. The topological polar surface area (TPSA) is 79.8 Å². The highest BCUT2D eigenvalue weighted by Crippen LogP contribution is 2.17. The molecule has 0 heterocycles. The molecule has 27 heavy (non-hydrogen) atoms. The van der Waals surface area contributed by atoms with E-state index in [1.54, 1.807) is 26.0 Å². The molecule has 2 N–H and O–H groups in total. The monoisotopic (exact) mass is 367 g/mol. The standard InChI is InChI=1S/C21H25N3O3/c1-13-6-7-14(2)20(12-13)23-21(26)16(4)27-24-15(3)18-8-10-19(11-9-18)22-17(5)25/h6-12,16H,1-5H3,(H,22,25)(H,23,26)/b24-15+. The quantitative estimate of drug-likeness (QED) is 0.597. The van der Waals surface area contributed by atoms with E-state index in [-0.39, 0.29) is 11.8 Å². The molecule has 2 aromatic rings. The molecule has 6 nitrogen and oxygen atoms in total. The molecule has 1 unspecified atom stereocenters. The minimum atomic E-state index is -0.737. The maximum absolute atomic E-state index is 12.3. The number of hydrogen-bond acceptors (Lipinski definition) is 4. The van der Waals surface area contributed by atoms with E-state index in [2.05, 4.69) is 15.8 Å². The maximum Gasteiger partial charge on any atom is 0.267 e. The summed E-state index contributed by atoms with van der Waals surface area (Å²) < 4.78 is 0. The van der Waals surface area contributed by atoms with Gasteiger partial charge in [0, 0.05) is 18.3 Å². The fourth-order valence-electron chi connectivity index (χ4n) is 2.36. The van der Waals surface area contributed by atoms with Crippen LogP contribution in [0, 0.1) is 13.8 Å². The molecule has 0 aliphatic rings. The predicted octanol–water partition coefficient (Wildman–Crippen LogP) is 4.03. The van der Waals surface area contributed by atoms with E-state index in [0.29, 0.717) is 11.4 Å². The molecule has 142 valence electrons. The molecule has 0 spiro atoms. The van der Waals surface area contributed by atoms with Gasteiger partial charge in [0.1, 0.15) is 0 Å². The Morgan fingerprint density at radius 3 is 2.30 bits per heavy atom. The van der Waals surface area contributed by atoms with Crippen LogP contribution in [-0.2, 0) is 14.4 Å². The molecular weight excluding hydrogens is 342 g/mol. The summed E-state index contributed by atoms with van der Waals surface area (Å²) in [4.78, 5) is 28.7. The molecule has 0 bridgehead atoms. The lowest BCUT2D eigenvalue weighted by Crippen LogP contribution is -2.27. The van der Waals surface area contributed by atoms with Crippen molar-refractivity contribution in [3.05, 3.63) is 59.2 Å². The summed E-state index contributed by atoms with van der Waals surface area (Å²) in [6, 6.07) is 13.1. The third-order valence-corrected chi connectivity index (χ3v) is 3.99. The third-order valence-electron chi connectivity index (χ3n) is 3.99. The van der Waals surface area contributed by atoms with Gasteiger partial charge in [-0.15, -0.1) is 0 Å². The molecule has 1 atom stereocenters. The van der Waals surface area contributed by atoms with Crippen molar-refractivity contribution in [2.45, 2.75) is 40.7 Å². The van der Waals surface area contributed by atoms with Crippen LogP contribution >= 0.6 is 0 Å². The number of nitrogens with zero attached hydrogens (tertiary/aromatic N) is 1. The SMILES string of the molecule is CC(=O)Nc1ccc(/C(C)=N/OC(C)C(=O)Nc2cc(C)ccc2C)cc1. The molecule has 2 rings (SSSR count). The van der Waals surface area contributed by atoms with E-state index < -0.39 is 6.10 Å². The smallest absolute Gasteiger partial charge is 0.267 e. The van der Waals surface area contributed by atoms with Gasteiger partial charge in [0.15, 0.2) is 0 Å². The van der Waals surface area contributed by atoms with Crippen molar-refractivity contribution in [2.75, 3.05) is 10.6 Å². The molecule has 0 saturated carbocycles. The van der Waals surface area contributed by atoms with Crippen LogP contribution in [0.2, 0.25) is 0 Å². The molecule has 2 aromatic carbocycles. The van der Waals surface area contributed by atoms with Crippen molar-refractivity contribution >= 4 is 28.9 Å². The average Bonchev–Trinajstić information content (AvgIpc) is 2.62. The number of anilines is 2. The number of amides is 2. The molecule has 0 aliphatic heterocycles. The molecule has 6 heteroatoms. The summed E-state index contributed by atoms with van der Waals surface area (Å²) in [6.45, 7) is 8.81. The Hall–Kier alpha value is -3.15. The fraction of sp³-hybridized carbons (Fsp3) is 0.286. The molecule has 0 aromatic heterocycles. The maximum atomic E-state index is 12.3. The lowest BCUT2D eigenvalue weighted by molar-refractivity contribution is -0.126. The number of oxime groups is 1. The molecular formula is C21H25N3O3. The Labute approximate surface area is 159 Å². The van der Waals surface area contributed by atoms with Crippen LogP contribution in [0.25, 0.3) is 0 Å². The highest BCUT2D eigenvalue weighted by molar-refractivity contribution is 5.99. The molecule has 0 aliphatic carbocycles. The summed E-state index contributed by atoms with van der Waals surface area (Å²) >= 11 is 0. The van der Waals surface area contributed by atoms with Crippen molar-refractivity contribution in [1.29, 1.82) is 0 Å². The Kier molecular flexibility index (Phi) is 6.71. The van der Waals surface area contributed by atoms with Crippen LogP contribution in [0.3, 0.4) is 0 Å². The second kappa shape index (κ2) is 8.98. The highest BCUT2D eigenvalue weighted by Gasteiger charge is 2.15. The number of rotatable bonds is 6. The first-order valence-electron chi connectivity index (χ1n) is 8.73. The Bertz CT molecular complexity index is 857. The van der Waals surface area contributed by atoms with Crippen molar-refractivity contribution in [1.82, 2.24) is 0 Å². The van der Waals surface area contributed by atoms with Gasteiger partial charge in [-0.3, -0.25) is 9.59 Å². The van der Waals surface area contributed by atoms with Crippen molar-refractivity contribution in [2.24, 2.45) is 5.16 Å². The summed E-state index contributed by atoms with van der Waals surface area (Å²) in [7, 11) is 0. The van der Waals surface area contributed by atoms with Gasteiger partial charge in [-0.05, 0) is 62.6 Å². The molecule has 0 saturated heterocycles. The average molecular weight is 367 g/mol. The van der Waals surface area contributed by atoms with E-state index >= 15 is 0 Å². The molecule has 2 amide bonds. The van der Waals surface area contributed by atoms with Crippen molar-refractivity contribution < 1.29 is 14.4 Å². The van der Waals surface area contributed by atoms with Gasteiger partial charge >= 0.3 is 0 Å². The van der Waals surface area contributed by atoms with Crippen LogP contribution in [-0.4, -0.2) is 23.6 Å². The van der Waals surface area contributed by atoms with E-state index in [0.717, 1.165) is 22.4 Å². The summed E-state index contributed by atoms with van der Waals surface area (Å²) in [5.74, 6) is -0.388. The number of carbonyl (C=O) groups is 2. The van der Waals surface area contributed by atoms with Gasteiger partial charge in [-0.2, -0.15) is 0 Å². The summed E-state index contributed by atoms with van der Waals surface area (Å²) in [6.07, 6.45) is -0.737. The van der Waals surface area contributed by atoms with Gasteiger partial charge in [-0.1, -0.05) is 29.4 Å². The number of carbonyl (C=O) groups excluding carboxylic acids is 2. The Balaban J connectivity index is 1.97. The number of nitrogens with one attached hydrogen (secondary N) is 2. The first kappa shape index (κ1) is 20.2. The zero-order valence-electron chi connectivity index (χ0n) is 16.3. The van der Waals surface area contributed by atoms with E-state index in [1.807, 2.05) is 44.2 Å². The van der Waals surface area contributed by atoms with E-state index in [1.165, 1.54) is 6.92 Å². The minimum absolute atomic E-state index is 0.125. The lowest BCUT2D eigenvalue weighted by atomic mass is 10.1. The second-order valence-corrected chi connectivity index (χ2v) is 6.49. The summed E-state index contributed by atoms with van der Waals surface area (Å²) in [5.41, 5.74) is 5.01. The minimum Gasteiger partial charge on any atom is -0.382 e. The van der Waals surface area contributed by atoms with Gasteiger partial charge < -0.3 is 15.5 Å². The van der Waals surface area contributed by atoms with Crippen LogP contribution in [0.15, 0.2) is 47.6 Å². The Morgan fingerprint density at radius 1 is 1.00 bits per heavy atom. The molecule has 0 fully saturated rings. The van der Waals surface area contributed by atoms with Gasteiger partial charge in [0.25, 0.3) is 5.91 Å². The van der Waals surface area contributed by atoms with Crippen LogP contribution in [0.5, 0.6) is 0 Å². The zero-order chi connectivity index (χ0) is 20.0. The number of hydrogen-bond donors (Lipinski definition) is 2. The zero-order valence-corrected chi connectivity index (χ0v) is 16.3. The van der Waals surface area contributed by atoms with Crippen LogP contribution < -0.4 is 10.6 Å². The second-order valence-electron chi connectivity index (χ2n) is 6.49. The largest absolute Gasteiger partial charge is 0.382 e. The van der Waals surface area contributed by atoms with Crippen LogP contribution in [0.4, 0.5) is 11.4 Å². The van der Waals surface area contributed by atoms with Crippen LogP contribution in [0.1, 0.15) is 37.5 Å².